The molecular weight excluding hydrogens is 364 g/mol. The van der Waals surface area contributed by atoms with E-state index < -0.39 is 6.04 Å². The highest BCUT2D eigenvalue weighted by Gasteiger charge is 2.36. The van der Waals surface area contributed by atoms with Crippen molar-refractivity contribution in [2.24, 2.45) is 0 Å². The minimum Gasteiger partial charge on any atom is -0.326 e. The molecule has 0 saturated heterocycles. The Morgan fingerprint density at radius 3 is 2.48 bits per heavy atom. The van der Waals surface area contributed by atoms with Crippen molar-refractivity contribution in [2.75, 3.05) is 10.6 Å². The van der Waals surface area contributed by atoms with E-state index >= 15 is 0 Å². The van der Waals surface area contributed by atoms with Gasteiger partial charge in [0.15, 0.2) is 0 Å². The standard InChI is InChI=1S/C23H24N4O2/c1-14(2)16-9-11-18(12-10-16)24-20(28)13-19-23(29)25-22-21(15(3)26-27(19)22)17-7-5-4-6-8-17/h4-12,14,19H,13H2,1-3H3,(H,24,28)(H,25,29). The fraction of sp³-hybridized carbons (Fsp3) is 0.261. The molecule has 1 aromatic heterocycles. The lowest BCUT2D eigenvalue weighted by molar-refractivity contribution is -0.123. The van der Waals surface area contributed by atoms with Gasteiger partial charge < -0.3 is 10.6 Å². The van der Waals surface area contributed by atoms with Gasteiger partial charge in [-0.2, -0.15) is 5.10 Å². The zero-order chi connectivity index (χ0) is 20.5. The van der Waals surface area contributed by atoms with Crippen LogP contribution in [0.1, 0.15) is 43.5 Å². The molecular formula is C23H24N4O2. The number of aryl methyl sites for hydroxylation is 1. The van der Waals surface area contributed by atoms with E-state index in [1.54, 1.807) is 4.68 Å². The summed E-state index contributed by atoms with van der Waals surface area (Å²) in [5.41, 5.74) is 4.64. The summed E-state index contributed by atoms with van der Waals surface area (Å²) in [5, 5.41) is 10.3. The first-order valence-corrected chi connectivity index (χ1v) is 9.79. The molecule has 2 heterocycles. The van der Waals surface area contributed by atoms with Gasteiger partial charge in [-0.25, -0.2) is 4.68 Å². The summed E-state index contributed by atoms with van der Waals surface area (Å²) in [6.45, 7) is 6.16. The summed E-state index contributed by atoms with van der Waals surface area (Å²) in [6, 6.07) is 16.9. The Morgan fingerprint density at radius 1 is 1.14 bits per heavy atom. The number of nitrogens with zero attached hydrogens (tertiary/aromatic N) is 2. The number of hydrogen-bond acceptors (Lipinski definition) is 3. The van der Waals surface area contributed by atoms with Crippen LogP contribution in [-0.2, 0) is 9.59 Å². The predicted molar refractivity (Wildman–Crippen MR) is 114 cm³/mol. The number of carbonyl (C=O) groups is 2. The number of nitrogens with one attached hydrogen (secondary N) is 2. The van der Waals surface area contributed by atoms with Gasteiger partial charge in [-0.15, -0.1) is 0 Å². The van der Waals surface area contributed by atoms with E-state index in [0.29, 0.717) is 11.7 Å². The van der Waals surface area contributed by atoms with Crippen LogP contribution in [0.4, 0.5) is 11.5 Å². The molecule has 0 spiro atoms. The molecule has 0 aliphatic carbocycles. The van der Waals surface area contributed by atoms with Crippen LogP contribution in [-0.4, -0.2) is 21.6 Å². The van der Waals surface area contributed by atoms with Crippen molar-refractivity contribution < 1.29 is 9.59 Å². The minimum atomic E-state index is -0.656. The van der Waals surface area contributed by atoms with Crippen LogP contribution in [0, 0.1) is 6.92 Å². The zero-order valence-electron chi connectivity index (χ0n) is 16.8. The number of rotatable bonds is 5. The molecule has 2 aromatic carbocycles. The second-order valence-corrected chi connectivity index (χ2v) is 7.65. The third-order valence-electron chi connectivity index (χ3n) is 5.23. The van der Waals surface area contributed by atoms with Crippen molar-refractivity contribution in [3.8, 4) is 11.1 Å². The van der Waals surface area contributed by atoms with Crippen molar-refractivity contribution in [3.05, 3.63) is 65.9 Å². The van der Waals surface area contributed by atoms with E-state index in [2.05, 4.69) is 29.6 Å². The van der Waals surface area contributed by atoms with Crippen molar-refractivity contribution in [1.82, 2.24) is 9.78 Å². The molecule has 3 aromatic rings. The van der Waals surface area contributed by atoms with Crippen LogP contribution >= 0.6 is 0 Å². The van der Waals surface area contributed by atoms with Gasteiger partial charge in [0.1, 0.15) is 11.9 Å². The van der Waals surface area contributed by atoms with Gasteiger partial charge in [-0.3, -0.25) is 9.59 Å². The molecule has 1 atom stereocenters. The smallest absolute Gasteiger partial charge is 0.251 e. The van der Waals surface area contributed by atoms with Gasteiger partial charge in [-0.05, 0) is 36.1 Å². The van der Waals surface area contributed by atoms with Gasteiger partial charge in [0, 0.05) is 11.3 Å². The molecule has 29 heavy (non-hydrogen) atoms. The lowest BCUT2D eigenvalue weighted by Crippen LogP contribution is -2.23. The van der Waals surface area contributed by atoms with Crippen molar-refractivity contribution in [1.29, 1.82) is 0 Å². The molecule has 2 amide bonds. The third kappa shape index (κ3) is 3.66. The monoisotopic (exact) mass is 388 g/mol. The maximum Gasteiger partial charge on any atom is 0.251 e. The molecule has 0 saturated carbocycles. The second kappa shape index (κ2) is 7.54. The molecule has 148 valence electrons. The Labute approximate surface area is 169 Å². The molecule has 1 aliphatic heterocycles. The molecule has 0 fully saturated rings. The Balaban J connectivity index is 1.52. The van der Waals surface area contributed by atoms with Gasteiger partial charge in [0.05, 0.1) is 12.1 Å². The molecule has 2 N–H and O–H groups in total. The SMILES string of the molecule is Cc1nn2c(c1-c1ccccc1)NC(=O)C2CC(=O)Nc1ccc(C(C)C)cc1. The maximum absolute atomic E-state index is 12.6. The summed E-state index contributed by atoms with van der Waals surface area (Å²) >= 11 is 0. The highest BCUT2D eigenvalue weighted by atomic mass is 16.2. The van der Waals surface area contributed by atoms with Crippen molar-refractivity contribution >= 4 is 23.3 Å². The number of aromatic nitrogens is 2. The highest BCUT2D eigenvalue weighted by molar-refractivity contribution is 6.04. The molecule has 0 bridgehead atoms. The van der Waals surface area contributed by atoms with E-state index in [1.807, 2.05) is 61.5 Å². The Hall–Kier alpha value is -3.41. The third-order valence-corrected chi connectivity index (χ3v) is 5.23. The van der Waals surface area contributed by atoms with Gasteiger partial charge in [-0.1, -0.05) is 56.3 Å². The summed E-state index contributed by atoms with van der Waals surface area (Å²) in [5.74, 6) is 0.653. The first-order valence-electron chi connectivity index (χ1n) is 9.79. The predicted octanol–water partition coefficient (Wildman–Crippen LogP) is 4.50. The van der Waals surface area contributed by atoms with Crippen LogP contribution in [0.2, 0.25) is 0 Å². The number of carbonyl (C=O) groups excluding carboxylic acids is 2. The topological polar surface area (TPSA) is 76.0 Å². The number of fused-ring (bicyclic) bond motifs is 1. The van der Waals surface area contributed by atoms with Crippen molar-refractivity contribution in [3.63, 3.8) is 0 Å². The Bertz CT molecular complexity index is 1050. The first-order chi connectivity index (χ1) is 13.9. The minimum absolute atomic E-state index is 0.0279. The normalized spacial score (nSPS) is 15.3. The van der Waals surface area contributed by atoms with Crippen LogP contribution < -0.4 is 10.6 Å². The van der Waals surface area contributed by atoms with E-state index in [1.165, 1.54) is 5.56 Å². The number of amides is 2. The van der Waals surface area contributed by atoms with Crippen molar-refractivity contribution in [2.45, 2.75) is 39.2 Å². The van der Waals surface area contributed by atoms with Crippen LogP contribution in [0.5, 0.6) is 0 Å². The fourth-order valence-electron chi connectivity index (χ4n) is 3.67. The molecule has 6 nitrogen and oxygen atoms in total. The quantitative estimate of drug-likeness (QED) is 0.675. The van der Waals surface area contributed by atoms with Crippen LogP contribution in [0.25, 0.3) is 11.1 Å². The lowest BCUT2D eigenvalue weighted by atomic mass is 10.0. The largest absolute Gasteiger partial charge is 0.326 e. The van der Waals surface area contributed by atoms with Gasteiger partial charge in [0.2, 0.25) is 5.91 Å². The highest BCUT2D eigenvalue weighted by Crippen LogP contribution is 2.38. The first kappa shape index (κ1) is 18.9. The summed E-state index contributed by atoms with van der Waals surface area (Å²) < 4.78 is 1.64. The summed E-state index contributed by atoms with van der Waals surface area (Å²) in [6.07, 6.45) is 0.0279. The average molecular weight is 388 g/mol. The zero-order valence-corrected chi connectivity index (χ0v) is 16.8. The van der Waals surface area contributed by atoms with Crippen LogP contribution in [0.15, 0.2) is 54.6 Å². The Morgan fingerprint density at radius 2 is 1.83 bits per heavy atom. The van der Waals surface area contributed by atoms with E-state index in [4.69, 9.17) is 0 Å². The summed E-state index contributed by atoms with van der Waals surface area (Å²) in [4.78, 5) is 25.1. The van der Waals surface area contributed by atoms with E-state index in [0.717, 1.165) is 22.5 Å². The lowest BCUT2D eigenvalue weighted by Gasteiger charge is -2.11. The fourth-order valence-corrected chi connectivity index (χ4v) is 3.67. The van der Waals surface area contributed by atoms with Gasteiger partial charge >= 0.3 is 0 Å². The molecule has 1 aliphatic rings. The maximum atomic E-state index is 12.6. The molecule has 1 unspecified atom stereocenters. The van der Waals surface area contributed by atoms with Gasteiger partial charge in [0.25, 0.3) is 5.91 Å². The molecule has 6 heteroatoms. The van der Waals surface area contributed by atoms with Crippen LogP contribution in [0.3, 0.4) is 0 Å². The summed E-state index contributed by atoms with van der Waals surface area (Å²) in [7, 11) is 0. The number of anilines is 2. The van der Waals surface area contributed by atoms with E-state index in [9.17, 15) is 9.59 Å². The molecule has 0 radical (unpaired) electrons. The average Bonchev–Trinajstić information content (AvgIpc) is 3.16. The number of benzene rings is 2. The number of hydrogen-bond donors (Lipinski definition) is 2. The van der Waals surface area contributed by atoms with E-state index in [-0.39, 0.29) is 18.2 Å². The Kier molecular flexibility index (Phi) is 4.92. The molecule has 4 rings (SSSR count). The second-order valence-electron chi connectivity index (χ2n) is 7.65.